The topological polar surface area (TPSA) is 86.4 Å². The fourth-order valence-electron chi connectivity index (χ4n) is 5.22. The maximum atomic E-state index is 12.2. The Labute approximate surface area is 228 Å². The first kappa shape index (κ1) is 28.6. The summed E-state index contributed by atoms with van der Waals surface area (Å²) >= 11 is 0. The van der Waals surface area contributed by atoms with Gasteiger partial charge in [-0.1, -0.05) is 50.6 Å². The van der Waals surface area contributed by atoms with E-state index < -0.39 is 20.1 Å². The number of fused-ring (bicyclic) bond motifs is 1. The molecule has 2 heterocycles. The van der Waals surface area contributed by atoms with Gasteiger partial charge in [-0.2, -0.15) is 0 Å². The van der Waals surface area contributed by atoms with Crippen LogP contribution in [0.5, 0.6) is 5.75 Å². The Balaban J connectivity index is 1.23. The fourth-order valence-corrected chi connectivity index (χ4v) is 7.25. The van der Waals surface area contributed by atoms with E-state index in [-0.39, 0.29) is 0 Å². The first-order valence-corrected chi connectivity index (χ1v) is 15.8. The Morgan fingerprint density at radius 3 is 2.58 bits per heavy atom. The van der Waals surface area contributed by atoms with Crippen molar-refractivity contribution >= 4 is 24.9 Å². The summed E-state index contributed by atoms with van der Waals surface area (Å²) < 4.78 is 5.95. The highest BCUT2D eigenvalue weighted by molar-refractivity contribution is 7.56. The van der Waals surface area contributed by atoms with Gasteiger partial charge >= 0.3 is 5.97 Å². The minimum atomic E-state index is -0.794. The van der Waals surface area contributed by atoms with E-state index in [1.807, 2.05) is 30.3 Å². The largest absolute Gasteiger partial charge is 0.494 e. The quantitative estimate of drug-likeness (QED) is 0.134. The monoisotopic (exact) mass is 537 g/mol. The number of para-hydroxylation sites is 1. The number of hydrogen-bond acceptors (Lipinski definition) is 4. The van der Waals surface area contributed by atoms with Crippen LogP contribution >= 0.6 is 8.07 Å². The zero-order valence-corrected chi connectivity index (χ0v) is 23.8. The van der Waals surface area contributed by atoms with Crippen LogP contribution in [0.4, 0.5) is 0 Å². The van der Waals surface area contributed by atoms with Crippen molar-refractivity contribution in [2.75, 3.05) is 25.9 Å². The number of unbranched alkanes of at least 4 members (excludes halogenated alkanes) is 1. The van der Waals surface area contributed by atoms with Gasteiger partial charge in [-0.25, -0.2) is 0 Å². The number of aromatic amines is 1. The van der Waals surface area contributed by atoms with Crippen molar-refractivity contribution in [3.8, 4) is 5.75 Å². The summed E-state index contributed by atoms with van der Waals surface area (Å²) in [5.41, 5.74) is 3.76. The van der Waals surface area contributed by atoms with Gasteiger partial charge in [0.2, 0.25) is 0 Å². The second-order valence-corrected chi connectivity index (χ2v) is 13.5. The molecule has 1 fully saturated rings. The van der Waals surface area contributed by atoms with E-state index in [1.165, 1.54) is 36.8 Å². The van der Waals surface area contributed by atoms with Crippen molar-refractivity contribution in [3.63, 3.8) is 0 Å². The average Bonchev–Trinajstić information content (AvgIpc) is 3.34. The molecule has 2 unspecified atom stereocenters. The second-order valence-electron chi connectivity index (χ2n) is 10.8. The molecule has 0 amide bonds. The maximum Gasteiger partial charge on any atom is 0.321 e. The van der Waals surface area contributed by atoms with E-state index in [0.29, 0.717) is 12.1 Å². The number of carboxylic acid groups (broad SMARTS) is 1. The number of aryl methyl sites for hydroxylation is 1. The molecule has 1 aliphatic heterocycles. The molecule has 7 heteroatoms. The summed E-state index contributed by atoms with van der Waals surface area (Å²) in [5.74, 6) is 0.938. The van der Waals surface area contributed by atoms with Crippen molar-refractivity contribution in [1.29, 1.82) is 0 Å². The molecule has 0 radical (unpaired) electrons. The van der Waals surface area contributed by atoms with E-state index in [4.69, 9.17) is 4.74 Å². The summed E-state index contributed by atoms with van der Waals surface area (Å²) in [6.07, 6.45) is 8.50. The van der Waals surface area contributed by atoms with Crippen molar-refractivity contribution in [3.05, 3.63) is 65.9 Å². The average molecular weight is 538 g/mol. The molecule has 1 aliphatic rings. The van der Waals surface area contributed by atoms with Crippen LogP contribution < -0.4 is 15.1 Å². The molecule has 1 saturated heterocycles. The number of ether oxygens (including phenoxy) is 1. The number of carbonyl (C=O) groups is 1. The molecule has 0 saturated carbocycles. The molecule has 0 spiro atoms. The summed E-state index contributed by atoms with van der Waals surface area (Å²) in [4.78, 5) is 15.7. The molecule has 0 aliphatic carbocycles. The molecule has 1 aromatic heterocycles. The Hall–Kier alpha value is -2.40. The second kappa shape index (κ2) is 14.7. The van der Waals surface area contributed by atoms with E-state index in [0.717, 1.165) is 61.4 Å². The van der Waals surface area contributed by atoms with E-state index >= 15 is 0 Å². The number of aromatic nitrogens is 1. The molecular formula is C31H44N3O3P. The van der Waals surface area contributed by atoms with Crippen molar-refractivity contribution < 1.29 is 14.6 Å². The van der Waals surface area contributed by atoms with Gasteiger partial charge < -0.3 is 20.1 Å². The highest BCUT2D eigenvalue weighted by Gasteiger charge is 2.24. The molecule has 2 atom stereocenters. The van der Waals surface area contributed by atoms with Crippen molar-refractivity contribution in [2.24, 2.45) is 5.92 Å². The lowest BCUT2D eigenvalue weighted by Gasteiger charge is -2.27. The van der Waals surface area contributed by atoms with Gasteiger partial charge in [0.25, 0.3) is 0 Å². The molecule has 0 bridgehead atoms. The molecule has 206 valence electrons. The number of aliphatic carboxylic acids is 1. The van der Waals surface area contributed by atoms with Crippen LogP contribution in [0.1, 0.15) is 57.2 Å². The molecule has 6 nitrogen and oxygen atoms in total. The van der Waals surface area contributed by atoms with Crippen LogP contribution in [0, 0.1) is 5.92 Å². The number of benzene rings is 2. The third-order valence-corrected chi connectivity index (χ3v) is 10.1. The zero-order chi connectivity index (χ0) is 26.7. The third-order valence-electron chi connectivity index (χ3n) is 7.55. The van der Waals surface area contributed by atoms with Gasteiger partial charge in [-0.05, 0) is 113 Å². The Morgan fingerprint density at radius 1 is 1.11 bits per heavy atom. The van der Waals surface area contributed by atoms with Crippen molar-refractivity contribution in [2.45, 2.75) is 70.5 Å². The predicted octanol–water partition coefficient (Wildman–Crippen LogP) is 6.35. The summed E-state index contributed by atoms with van der Waals surface area (Å²) in [5, 5.41) is 18.1. The van der Waals surface area contributed by atoms with Gasteiger partial charge in [0, 0.05) is 11.2 Å². The number of hydrogen-bond donors (Lipinski definition) is 4. The molecule has 4 N–H and O–H groups in total. The number of H-pyrrole nitrogens is 1. The number of nitrogens with one attached hydrogen (secondary N) is 3. The molecule has 3 aromatic rings. The van der Waals surface area contributed by atoms with E-state index in [1.54, 1.807) is 0 Å². The van der Waals surface area contributed by atoms with E-state index in [9.17, 15) is 9.90 Å². The number of carboxylic acids is 1. The van der Waals surface area contributed by atoms with Gasteiger partial charge in [0.15, 0.2) is 0 Å². The van der Waals surface area contributed by atoms with Crippen LogP contribution in [-0.4, -0.2) is 53.6 Å². The van der Waals surface area contributed by atoms with Crippen LogP contribution in [0.15, 0.2) is 54.6 Å². The standard InChI is InChI=1S/C31H44N3O3P/c1-23(2)38(20-16-27-22-26-8-3-4-9-29(26)33-27)34-30(31(35)36)21-25-10-12-28(13-11-25)37-19-6-5-7-24-14-17-32-18-15-24/h3-4,8-13,22-24,30,32-34H,5-7,14-21H2,1-2H3,(H,35,36). The third kappa shape index (κ3) is 8.83. The molecular weight excluding hydrogens is 493 g/mol. The Kier molecular flexibility index (Phi) is 11.0. The first-order valence-electron chi connectivity index (χ1n) is 14.2. The predicted molar refractivity (Wildman–Crippen MR) is 159 cm³/mol. The van der Waals surface area contributed by atoms with Crippen LogP contribution in [0.25, 0.3) is 10.9 Å². The van der Waals surface area contributed by atoms with Gasteiger partial charge in [0.05, 0.1) is 6.61 Å². The maximum absolute atomic E-state index is 12.2. The fraction of sp³-hybridized carbons (Fsp3) is 0.516. The van der Waals surface area contributed by atoms with Crippen molar-refractivity contribution in [1.82, 2.24) is 15.4 Å². The van der Waals surface area contributed by atoms with Crippen LogP contribution in [0.3, 0.4) is 0 Å². The highest BCUT2D eigenvalue weighted by Crippen LogP contribution is 2.38. The summed E-state index contributed by atoms with van der Waals surface area (Å²) in [7, 11) is -0.643. The first-order chi connectivity index (χ1) is 18.5. The highest BCUT2D eigenvalue weighted by atomic mass is 31.1. The lowest BCUT2D eigenvalue weighted by atomic mass is 9.93. The Bertz CT molecular complexity index is 1090. The number of rotatable bonds is 15. The molecule has 38 heavy (non-hydrogen) atoms. The Morgan fingerprint density at radius 2 is 1.87 bits per heavy atom. The van der Waals surface area contributed by atoms with Crippen LogP contribution in [0.2, 0.25) is 0 Å². The SMILES string of the molecule is CC(C)P(CCc1cc2ccccc2[nH]1)NC(Cc1ccc(OCCCCC2CCNCC2)cc1)C(=O)O. The van der Waals surface area contributed by atoms with Gasteiger partial charge in [-0.15, -0.1) is 0 Å². The minimum Gasteiger partial charge on any atom is -0.494 e. The lowest BCUT2D eigenvalue weighted by molar-refractivity contribution is -0.138. The van der Waals surface area contributed by atoms with E-state index in [2.05, 4.69) is 53.5 Å². The van der Waals surface area contributed by atoms with Crippen LogP contribution in [-0.2, 0) is 17.6 Å². The molecule has 4 rings (SSSR count). The van der Waals surface area contributed by atoms with Gasteiger partial charge in [0.1, 0.15) is 11.8 Å². The number of piperidine rings is 1. The zero-order valence-electron chi connectivity index (χ0n) is 22.9. The summed E-state index contributed by atoms with van der Waals surface area (Å²) in [6, 6.07) is 17.9. The minimum absolute atomic E-state index is 0.391. The smallest absolute Gasteiger partial charge is 0.321 e. The molecule has 2 aromatic carbocycles. The lowest BCUT2D eigenvalue weighted by Crippen LogP contribution is -2.37. The summed E-state index contributed by atoms with van der Waals surface area (Å²) in [6.45, 7) is 7.42. The van der Waals surface area contributed by atoms with Gasteiger partial charge in [-0.3, -0.25) is 9.88 Å². The normalized spacial score (nSPS) is 16.1.